The second-order valence-corrected chi connectivity index (χ2v) is 5.77. The Hall–Kier alpha value is -2.04. The van der Waals surface area contributed by atoms with Gasteiger partial charge in [-0.25, -0.2) is 8.78 Å². The largest absolute Gasteiger partial charge is 0.347 e. The molecule has 2 aromatic rings. The van der Waals surface area contributed by atoms with E-state index < -0.39 is 12.0 Å². The number of carbonyl (C=O) groups is 1. The number of carbonyl (C=O) groups excluding carboxylic acids is 1. The van der Waals surface area contributed by atoms with E-state index in [0.717, 1.165) is 16.6 Å². The minimum atomic E-state index is -2.77. The molecule has 1 heterocycles. The summed E-state index contributed by atoms with van der Waals surface area (Å²) in [4.78, 5) is 16.3. The highest BCUT2D eigenvalue weighted by atomic mass is 19.3. The Morgan fingerprint density at radius 2 is 2.09 bits per heavy atom. The third-order valence-corrected chi connectivity index (χ3v) is 4.11. The van der Waals surface area contributed by atoms with Crippen LogP contribution in [0.1, 0.15) is 31.4 Å². The summed E-state index contributed by atoms with van der Waals surface area (Å²) in [5.41, 5.74) is 1.68. The van der Waals surface area contributed by atoms with Crippen molar-refractivity contribution in [3.63, 3.8) is 0 Å². The van der Waals surface area contributed by atoms with Gasteiger partial charge in [-0.1, -0.05) is 24.3 Å². The van der Waals surface area contributed by atoms with Crippen LogP contribution in [0.4, 0.5) is 8.78 Å². The van der Waals surface area contributed by atoms with Gasteiger partial charge in [0.1, 0.15) is 0 Å². The van der Waals surface area contributed by atoms with Gasteiger partial charge in [0, 0.05) is 23.9 Å². The van der Waals surface area contributed by atoms with E-state index in [1.165, 1.54) is 0 Å². The Morgan fingerprint density at radius 3 is 2.86 bits per heavy atom. The van der Waals surface area contributed by atoms with Gasteiger partial charge in [-0.15, -0.1) is 0 Å². The average molecular weight is 304 g/mol. The first-order valence-electron chi connectivity index (χ1n) is 7.56. The minimum Gasteiger partial charge on any atom is -0.347 e. The molecule has 22 heavy (non-hydrogen) atoms. The summed E-state index contributed by atoms with van der Waals surface area (Å²) in [5, 5.41) is 3.50. The number of benzene rings is 1. The van der Waals surface area contributed by atoms with E-state index in [1.807, 2.05) is 36.4 Å². The Bertz CT molecular complexity index is 687. The van der Waals surface area contributed by atoms with Gasteiger partial charge >= 0.3 is 0 Å². The van der Waals surface area contributed by atoms with E-state index in [9.17, 15) is 13.6 Å². The van der Waals surface area contributed by atoms with Gasteiger partial charge in [-0.05, 0) is 31.4 Å². The molecule has 1 aromatic carbocycles. The molecule has 1 N–H and O–H groups in total. The van der Waals surface area contributed by atoms with E-state index in [-0.39, 0.29) is 18.7 Å². The molecule has 1 saturated carbocycles. The molecular weight excluding hydrogens is 286 g/mol. The molecule has 116 valence electrons. The summed E-state index contributed by atoms with van der Waals surface area (Å²) in [6, 6.07) is 10.6. The monoisotopic (exact) mass is 304 g/mol. The van der Waals surface area contributed by atoms with Crippen LogP contribution in [0.5, 0.6) is 0 Å². The van der Waals surface area contributed by atoms with Gasteiger partial charge in [0.25, 0.3) is 5.92 Å². The minimum absolute atomic E-state index is 0.135. The molecule has 1 atom stereocenters. The predicted molar refractivity (Wildman–Crippen MR) is 80.8 cm³/mol. The highest BCUT2D eigenvalue weighted by Crippen LogP contribution is 2.34. The lowest BCUT2D eigenvalue weighted by Crippen LogP contribution is -2.43. The number of para-hydroxylation sites is 1. The summed E-state index contributed by atoms with van der Waals surface area (Å²) in [6.07, 6.45) is 1.31. The fourth-order valence-electron chi connectivity index (χ4n) is 2.86. The van der Waals surface area contributed by atoms with Crippen LogP contribution in [-0.2, 0) is 11.2 Å². The standard InChI is InChI=1S/C17H18F2N2O/c18-17(19)11-3-6-15(17)21-16(22)10-9-13-8-7-12-4-1-2-5-14(12)20-13/h1-2,4-5,7-8,15H,3,6,9-11H2,(H,21,22). The molecule has 1 aromatic heterocycles. The third kappa shape index (κ3) is 3.24. The molecule has 1 aliphatic rings. The summed E-state index contributed by atoms with van der Waals surface area (Å²) in [7, 11) is 0. The van der Waals surface area contributed by atoms with Crippen molar-refractivity contribution in [2.45, 2.75) is 44.1 Å². The van der Waals surface area contributed by atoms with Gasteiger partial charge < -0.3 is 5.32 Å². The molecule has 1 amide bonds. The van der Waals surface area contributed by atoms with Crippen molar-refractivity contribution in [2.75, 3.05) is 0 Å². The first-order chi connectivity index (χ1) is 10.5. The lowest BCUT2D eigenvalue weighted by atomic mass is 10.1. The van der Waals surface area contributed by atoms with Crippen molar-refractivity contribution in [3.05, 3.63) is 42.1 Å². The Morgan fingerprint density at radius 1 is 1.27 bits per heavy atom. The second-order valence-electron chi connectivity index (χ2n) is 5.77. The molecule has 3 nitrogen and oxygen atoms in total. The number of fused-ring (bicyclic) bond motifs is 1. The maximum absolute atomic E-state index is 13.5. The topological polar surface area (TPSA) is 42.0 Å². The van der Waals surface area contributed by atoms with E-state index in [2.05, 4.69) is 10.3 Å². The highest BCUT2D eigenvalue weighted by molar-refractivity contribution is 5.79. The van der Waals surface area contributed by atoms with E-state index in [4.69, 9.17) is 0 Å². The zero-order valence-corrected chi connectivity index (χ0v) is 12.2. The smallest absolute Gasteiger partial charge is 0.267 e. The van der Waals surface area contributed by atoms with Gasteiger partial charge in [-0.2, -0.15) is 0 Å². The summed E-state index contributed by atoms with van der Waals surface area (Å²) >= 11 is 0. The predicted octanol–water partition coefficient (Wildman–Crippen LogP) is 3.47. The molecule has 1 fully saturated rings. The van der Waals surface area contributed by atoms with Crippen LogP contribution < -0.4 is 5.32 Å². The molecule has 3 rings (SSSR count). The number of nitrogens with zero attached hydrogens (tertiary/aromatic N) is 1. The molecule has 0 spiro atoms. The van der Waals surface area contributed by atoms with Crippen molar-refractivity contribution >= 4 is 16.8 Å². The third-order valence-electron chi connectivity index (χ3n) is 4.11. The van der Waals surface area contributed by atoms with Crippen LogP contribution in [0, 0.1) is 0 Å². The van der Waals surface area contributed by atoms with Crippen molar-refractivity contribution in [1.29, 1.82) is 0 Å². The van der Waals surface area contributed by atoms with E-state index in [0.29, 0.717) is 19.3 Å². The lowest BCUT2D eigenvalue weighted by Gasteiger charge is -2.20. The Kier molecular flexibility index (Phi) is 4.05. The maximum atomic E-state index is 13.5. The Labute approximate surface area is 127 Å². The zero-order valence-electron chi connectivity index (χ0n) is 12.2. The van der Waals surface area contributed by atoms with Crippen molar-refractivity contribution in [3.8, 4) is 0 Å². The number of alkyl halides is 2. The SMILES string of the molecule is O=C(CCc1ccc2ccccc2n1)NC1CCCC1(F)F. The molecule has 0 bridgehead atoms. The molecule has 0 aliphatic heterocycles. The number of rotatable bonds is 4. The van der Waals surface area contributed by atoms with Crippen LogP contribution in [0.25, 0.3) is 10.9 Å². The van der Waals surface area contributed by atoms with Crippen molar-refractivity contribution in [2.24, 2.45) is 0 Å². The number of amides is 1. The summed E-state index contributed by atoms with van der Waals surface area (Å²) in [5.74, 6) is -3.10. The number of hydrogen-bond donors (Lipinski definition) is 1. The van der Waals surface area contributed by atoms with Gasteiger partial charge in [0.2, 0.25) is 5.91 Å². The zero-order chi connectivity index (χ0) is 15.6. The van der Waals surface area contributed by atoms with Crippen molar-refractivity contribution in [1.82, 2.24) is 10.3 Å². The summed E-state index contributed by atoms with van der Waals surface area (Å²) < 4.78 is 27.0. The molecular formula is C17H18F2N2O. The van der Waals surface area contributed by atoms with Crippen molar-refractivity contribution < 1.29 is 13.6 Å². The average Bonchev–Trinajstić information content (AvgIpc) is 2.84. The van der Waals surface area contributed by atoms with Crippen LogP contribution >= 0.6 is 0 Å². The number of pyridine rings is 1. The molecule has 1 unspecified atom stereocenters. The van der Waals surface area contributed by atoms with E-state index in [1.54, 1.807) is 0 Å². The number of hydrogen-bond acceptors (Lipinski definition) is 2. The molecule has 5 heteroatoms. The van der Waals surface area contributed by atoms with Crippen LogP contribution in [0.15, 0.2) is 36.4 Å². The van der Waals surface area contributed by atoms with Crippen LogP contribution in [-0.4, -0.2) is 22.9 Å². The summed E-state index contributed by atoms with van der Waals surface area (Å²) in [6.45, 7) is 0. The fraction of sp³-hybridized carbons (Fsp3) is 0.412. The van der Waals surface area contributed by atoms with Crippen LogP contribution in [0.3, 0.4) is 0 Å². The van der Waals surface area contributed by atoms with Gasteiger partial charge in [-0.3, -0.25) is 9.78 Å². The normalized spacial score (nSPS) is 20.2. The van der Waals surface area contributed by atoms with E-state index >= 15 is 0 Å². The van der Waals surface area contributed by atoms with Gasteiger partial charge in [0.05, 0.1) is 11.6 Å². The second kappa shape index (κ2) is 5.99. The molecule has 0 radical (unpaired) electrons. The number of aryl methyl sites for hydroxylation is 1. The molecule has 0 saturated heterocycles. The maximum Gasteiger partial charge on any atom is 0.267 e. The molecule has 1 aliphatic carbocycles. The quantitative estimate of drug-likeness (QED) is 0.939. The first kappa shape index (κ1) is 14.9. The number of aromatic nitrogens is 1. The fourth-order valence-corrected chi connectivity index (χ4v) is 2.86. The lowest BCUT2D eigenvalue weighted by molar-refractivity contribution is -0.124. The number of halogens is 2. The first-order valence-corrected chi connectivity index (χ1v) is 7.56. The highest BCUT2D eigenvalue weighted by Gasteiger charge is 2.44. The van der Waals surface area contributed by atoms with Gasteiger partial charge in [0.15, 0.2) is 0 Å². The number of nitrogens with one attached hydrogen (secondary N) is 1. The Balaban J connectivity index is 1.58. The van der Waals surface area contributed by atoms with Crippen LogP contribution in [0.2, 0.25) is 0 Å².